The minimum atomic E-state index is -0.437. The third-order valence-electron chi connectivity index (χ3n) is 6.11. The topological polar surface area (TPSA) is 40.5 Å². The second-order valence-electron chi connectivity index (χ2n) is 7.95. The average molecular weight is 411 g/mol. The van der Waals surface area contributed by atoms with Crippen molar-refractivity contribution >= 4 is 11.8 Å². The molecule has 2 N–H and O–H groups in total. The van der Waals surface area contributed by atoms with Crippen LogP contribution in [0.2, 0.25) is 0 Å². The summed E-state index contributed by atoms with van der Waals surface area (Å²) in [5.41, 5.74) is 6.22. The van der Waals surface area contributed by atoms with E-state index in [4.69, 9.17) is 0 Å². The van der Waals surface area contributed by atoms with Gasteiger partial charge in [0.2, 0.25) is 0 Å². The number of benzene rings is 4. The summed E-state index contributed by atoms with van der Waals surface area (Å²) in [4.78, 5) is 2.11. The van der Waals surface area contributed by atoms with Gasteiger partial charge >= 0.3 is 0 Å². The molecule has 4 aromatic carbocycles. The Kier molecular flexibility index (Phi) is 4.37. The van der Waals surface area contributed by atoms with Gasteiger partial charge in [-0.25, -0.2) is 0 Å². The normalized spacial score (nSPS) is 13.7. The molecular weight excluding hydrogens is 388 g/mol. The third kappa shape index (κ3) is 2.81. The molecule has 0 saturated carbocycles. The van der Waals surface area contributed by atoms with Crippen molar-refractivity contribution in [1.29, 1.82) is 0 Å². The molecule has 1 aliphatic carbocycles. The molecule has 2 nitrogen and oxygen atoms in total. The van der Waals surface area contributed by atoms with E-state index in [1.165, 1.54) is 22.3 Å². The van der Waals surface area contributed by atoms with Crippen molar-refractivity contribution in [2.75, 3.05) is 0 Å². The first-order valence-electron chi connectivity index (χ1n) is 9.99. The Balaban J connectivity index is 1.70. The van der Waals surface area contributed by atoms with Gasteiger partial charge in [-0.05, 0) is 78.1 Å². The number of phenolic OH excluding ortho intramolecular Hbond substituents is 2. The molecule has 0 bridgehead atoms. The molecule has 0 atom stereocenters. The maximum absolute atomic E-state index is 11.2. The number of phenols is 2. The van der Waals surface area contributed by atoms with Crippen LogP contribution < -0.4 is 0 Å². The second-order valence-corrected chi connectivity index (χ2v) is 9.10. The summed E-state index contributed by atoms with van der Waals surface area (Å²) in [5, 5.41) is 20.7. The molecule has 5 rings (SSSR count). The Bertz CT molecular complexity index is 1210. The fourth-order valence-electron chi connectivity index (χ4n) is 4.58. The highest BCUT2D eigenvalue weighted by atomic mass is 32.2. The standard InChI is InChI=1S/C27H22O2S/c1-17-15-20(30-19-13-11-18(28)12-14-19)16-25(26(17)29)27(2)23-9-5-3-7-21(23)22-8-4-6-10-24(22)27/h3-16,28-29H,1-2H3. The summed E-state index contributed by atoms with van der Waals surface area (Å²) in [7, 11) is 0. The van der Waals surface area contributed by atoms with Gasteiger partial charge in [-0.2, -0.15) is 0 Å². The van der Waals surface area contributed by atoms with E-state index in [0.717, 1.165) is 20.9 Å². The van der Waals surface area contributed by atoms with Crippen LogP contribution in [0.15, 0.2) is 94.7 Å². The SMILES string of the molecule is Cc1cc(Sc2ccc(O)cc2)cc(C2(C)c3ccccc3-c3ccccc32)c1O. The molecule has 3 heteroatoms. The Morgan fingerprint density at radius 1 is 0.667 bits per heavy atom. The van der Waals surface area contributed by atoms with Gasteiger partial charge in [0.1, 0.15) is 11.5 Å². The van der Waals surface area contributed by atoms with E-state index >= 15 is 0 Å². The summed E-state index contributed by atoms with van der Waals surface area (Å²) in [6, 6.07) is 28.3. The van der Waals surface area contributed by atoms with E-state index in [-0.39, 0.29) is 5.75 Å². The minimum absolute atomic E-state index is 0.258. The molecule has 0 radical (unpaired) electrons. The van der Waals surface area contributed by atoms with Crippen LogP contribution in [0.1, 0.15) is 29.2 Å². The molecule has 0 heterocycles. The number of aryl methyl sites for hydroxylation is 1. The van der Waals surface area contributed by atoms with Crippen molar-refractivity contribution in [3.8, 4) is 22.6 Å². The molecule has 0 aliphatic heterocycles. The zero-order valence-electron chi connectivity index (χ0n) is 16.9. The highest BCUT2D eigenvalue weighted by Crippen LogP contribution is 2.55. The van der Waals surface area contributed by atoms with Crippen molar-refractivity contribution in [2.45, 2.75) is 29.1 Å². The smallest absolute Gasteiger partial charge is 0.122 e. The van der Waals surface area contributed by atoms with Gasteiger partial charge in [-0.3, -0.25) is 0 Å². The number of hydrogen-bond donors (Lipinski definition) is 2. The fourth-order valence-corrected chi connectivity index (χ4v) is 5.54. The zero-order valence-corrected chi connectivity index (χ0v) is 17.7. The van der Waals surface area contributed by atoms with E-state index in [1.54, 1.807) is 23.9 Å². The summed E-state index contributed by atoms with van der Waals surface area (Å²) in [5.74, 6) is 0.604. The minimum Gasteiger partial charge on any atom is -0.508 e. The maximum atomic E-state index is 11.2. The Morgan fingerprint density at radius 3 is 1.83 bits per heavy atom. The van der Waals surface area contributed by atoms with Gasteiger partial charge in [0.05, 0.1) is 0 Å². The van der Waals surface area contributed by atoms with Crippen LogP contribution in [0, 0.1) is 6.92 Å². The number of fused-ring (bicyclic) bond motifs is 3. The predicted molar refractivity (Wildman–Crippen MR) is 123 cm³/mol. The lowest BCUT2D eigenvalue weighted by atomic mass is 9.73. The van der Waals surface area contributed by atoms with E-state index in [9.17, 15) is 10.2 Å². The maximum Gasteiger partial charge on any atom is 0.122 e. The molecule has 1 aliphatic rings. The van der Waals surface area contributed by atoms with Gasteiger partial charge in [0, 0.05) is 20.8 Å². The third-order valence-corrected chi connectivity index (χ3v) is 7.09. The van der Waals surface area contributed by atoms with Crippen molar-refractivity contribution in [3.63, 3.8) is 0 Å². The molecule has 0 aromatic heterocycles. The van der Waals surface area contributed by atoms with Crippen LogP contribution >= 0.6 is 11.8 Å². The molecule has 30 heavy (non-hydrogen) atoms. The molecule has 0 fully saturated rings. The van der Waals surface area contributed by atoms with Gasteiger partial charge < -0.3 is 10.2 Å². The molecular formula is C27H22O2S. The monoisotopic (exact) mass is 410 g/mol. The van der Waals surface area contributed by atoms with E-state index in [0.29, 0.717) is 5.75 Å². The van der Waals surface area contributed by atoms with Crippen LogP contribution in [-0.2, 0) is 5.41 Å². The molecule has 0 saturated heterocycles. The van der Waals surface area contributed by atoms with E-state index < -0.39 is 5.41 Å². The van der Waals surface area contributed by atoms with Gasteiger partial charge in [-0.1, -0.05) is 60.3 Å². The van der Waals surface area contributed by atoms with Crippen LogP contribution in [0.4, 0.5) is 0 Å². The number of hydrogen-bond acceptors (Lipinski definition) is 3. The quantitative estimate of drug-likeness (QED) is 0.386. The highest BCUT2D eigenvalue weighted by Gasteiger charge is 2.42. The summed E-state index contributed by atoms with van der Waals surface area (Å²) >= 11 is 1.63. The molecule has 4 aromatic rings. The van der Waals surface area contributed by atoms with Crippen molar-refractivity contribution in [3.05, 3.63) is 107 Å². The summed E-state index contributed by atoms with van der Waals surface area (Å²) < 4.78 is 0. The van der Waals surface area contributed by atoms with Crippen LogP contribution in [0.5, 0.6) is 11.5 Å². The number of rotatable bonds is 3. The lowest BCUT2D eigenvalue weighted by Gasteiger charge is -2.30. The first-order valence-corrected chi connectivity index (χ1v) is 10.8. The van der Waals surface area contributed by atoms with Crippen LogP contribution in [0.25, 0.3) is 11.1 Å². The lowest BCUT2D eigenvalue weighted by molar-refractivity contribution is 0.453. The van der Waals surface area contributed by atoms with Gasteiger partial charge in [0.25, 0.3) is 0 Å². The first kappa shape index (κ1) is 18.8. The molecule has 0 spiro atoms. The van der Waals surface area contributed by atoms with Gasteiger partial charge in [0.15, 0.2) is 0 Å². The zero-order chi connectivity index (χ0) is 20.9. The van der Waals surface area contributed by atoms with Crippen molar-refractivity contribution in [2.24, 2.45) is 0 Å². The van der Waals surface area contributed by atoms with Crippen LogP contribution in [0.3, 0.4) is 0 Å². The van der Waals surface area contributed by atoms with Crippen molar-refractivity contribution < 1.29 is 10.2 Å². The summed E-state index contributed by atoms with van der Waals surface area (Å²) in [6.07, 6.45) is 0. The number of aromatic hydroxyl groups is 2. The highest BCUT2D eigenvalue weighted by molar-refractivity contribution is 7.99. The Labute approximate surface area is 180 Å². The lowest BCUT2D eigenvalue weighted by Crippen LogP contribution is -2.23. The van der Waals surface area contributed by atoms with E-state index in [1.807, 2.05) is 25.1 Å². The largest absolute Gasteiger partial charge is 0.508 e. The fraction of sp³-hybridized carbons (Fsp3) is 0.111. The van der Waals surface area contributed by atoms with Gasteiger partial charge in [-0.15, -0.1) is 0 Å². The average Bonchev–Trinajstić information content (AvgIpc) is 3.02. The molecule has 0 amide bonds. The second kappa shape index (κ2) is 6.96. The predicted octanol–water partition coefficient (Wildman–Crippen LogP) is 6.89. The van der Waals surface area contributed by atoms with Crippen LogP contribution in [-0.4, -0.2) is 10.2 Å². The molecule has 148 valence electrons. The summed E-state index contributed by atoms with van der Waals surface area (Å²) in [6.45, 7) is 4.16. The molecule has 0 unspecified atom stereocenters. The Morgan fingerprint density at radius 2 is 1.23 bits per heavy atom. The van der Waals surface area contributed by atoms with E-state index in [2.05, 4.69) is 61.5 Å². The Hall–Kier alpha value is -3.17. The first-order chi connectivity index (χ1) is 14.5. The van der Waals surface area contributed by atoms with Crippen molar-refractivity contribution in [1.82, 2.24) is 0 Å².